The Balaban J connectivity index is 1.24. The predicted molar refractivity (Wildman–Crippen MR) is 114 cm³/mol. The SMILES string of the molecule is C[C@H](NC(=O)Cc1csc(-c2ccccc2Cl)n1)C12CC3CC(CC(C3)C1)C2. The number of hydrogen-bond acceptors (Lipinski definition) is 3. The molecule has 1 aromatic carbocycles. The number of carbonyl (C=O) groups excluding carboxylic acids is 1. The second-order valence-corrected chi connectivity index (χ2v) is 10.6. The van der Waals surface area contributed by atoms with Gasteiger partial charge in [-0.3, -0.25) is 4.79 Å². The maximum Gasteiger partial charge on any atom is 0.226 e. The fraction of sp³-hybridized carbons (Fsp3) is 0.565. The number of amides is 1. The van der Waals surface area contributed by atoms with Gasteiger partial charge in [-0.2, -0.15) is 0 Å². The minimum Gasteiger partial charge on any atom is -0.353 e. The van der Waals surface area contributed by atoms with Gasteiger partial charge in [-0.1, -0.05) is 29.8 Å². The monoisotopic (exact) mass is 414 g/mol. The molecule has 0 unspecified atom stereocenters. The molecule has 1 aromatic heterocycles. The third-order valence-electron chi connectivity index (χ3n) is 7.38. The van der Waals surface area contributed by atoms with Crippen molar-refractivity contribution < 1.29 is 4.79 Å². The van der Waals surface area contributed by atoms with E-state index in [0.29, 0.717) is 16.9 Å². The van der Waals surface area contributed by atoms with E-state index >= 15 is 0 Å². The van der Waals surface area contributed by atoms with Crippen molar-refractivity contribution in [1.29, 1.82) is 0 Å². The Hall–Kier alpha value is -1.39. The van der Waals surface area contributed by atoms with Crippen LogP contribution in [0.15, 0.2) is 29.6 Å². The molecular formula is C23H27ClN2OS. The van der Waals surface area contributed by atoms with Crippen LogP contribution in [0.3, 0.4) is 0 Å². The summed E-state index contributed by atoms with van der Waals surface area (Å²) in [4.78, 5) is 17.4. The van der Waals surface area contributed by atoms with Gasteiger partial charge in [-0.25, -0.2) is 4.98 Å². The highest BCUT2D eigenvalue weighted by molar-refractivity contribution is 7.13. The van der Waals surface area contributed by atoms with Gasteiger partial charge in [0, 0.05) is 17.0 Å². The second-order valence-electron chi connectivity index (χ2n) is 9.37. The zero-order valence-corrected chi connectivity index (χ0v) is 17.9. The average molecular weight is 415 g/mol. The predicted octanol–water partition coefficient (Wildman–Crippen LogP) is 5.73. The van der Waals surface area contributed by atoms with Crippen molar-refractivity contribution in [2.45, 2.75) is 57.9 Å². The van der Waals surface area contributed by atoms with Crippen molar-refractivity contribution in [3.05, 3.63) is 40.4 Å². The minimum absolute atomic E-state index is 0.0965. The summed E-state index contributed by atoms with van der Waals surface area (Å²) in [6.07, 6.45) is 8.59. The van der Waals surface area contributed by atoms with Gasteiger partial charge < -0.3 is 5.32 Å². The van der Waals surface area contributed by atoms with Gasteiger partial charge in [0.2, 0.25) is 5.91 Å². The van der Waals surface area contributed by atoms with Crippen LogP contribution in [0.1, 0.15) is 51.1 Å². The van der Waals surface area contributed by atoms with E-state index in [1.165, 1.54) is 38.5 Å². The average Bonchev–Trinajstić information content (AvgIpc) is 3.09. The first-order valence-electron chi connectivity index (χ1n) is 10.5. The van der Waals surface area contributed by atoms with Crippen molar-refractivity contribution >= 4 is 28.8 Å². The summed E-state index contributed by atoms with van der Waals surface area (Å²) in [5.74, 6) is 2.81. The molecule has 0 spiro atoms. The number of carbonyl (C=O) groups is 1. The maximum atomic E-state index is 12.8. The van der Waals surface area contributed by atoms with Crippen molar-refractivity contribution in [3.8, 4) is 10.6 Å². The molecule has 1 heterocycles. The summed E-state index contributed by atoms with van der Waals surface area (Å²) in [5.41, 5.74) is 2.10. The maximum absolute atomic E-state index is 12.8. The van der Waals surface area contributed by atoms with Crippen LogP contribution in [0, 0.1) is 23.2 Å². The molecule has 4 bridgehead atoms. The third-order valence-corrected chi connectivity index (χ3v) is 8.63. The molecule has 1 amide bonds. The first-order valence-corrected chi connectivity index (χ1v) is 11.8. The molecule has 0 saturated heterocycles. The Kier molecular flexibility index (Phi) is 4.75. The lowest BCUT2D eigenvalue weighted by Gasteiger charge is -2.59. The summed E-state index contributed by atoms with van der Waals surface area (Å²) in [6, 6.07) is 7.98. The molecule has 148 valence electrons. The van der Waals surface area contributed by atoms with Crippen molar-refractivity contribution in [3.63, 3.8) is 0 Å². The van der Waals surface area contributed by atoms with Gasteiger partial charge in [0.25, 0.3) is 0 Å². The summed E-state index contributed by atoms with van der Waals surface area (Å²) >= 11 is 7.83. The zero-order chi connectivity index (χ0) is 19.3. The number of nitrogens with one attached hydrogen (secondary N) is 1. The number of aromatic nitrogens is 1. The molecular weight excluding hydrogens is 388 g/mol. The third kappa shape index (κ3) is 3.39. The standard InChI is InChI=1S/C23H27ClN2OS/c1-14(23-10-15-6-16(11-23)8-17(7-15)12-23)25-21(27)9-18-13-28-22(26-18)19-4-2-3-5-20(19)24/h2-5,13-17H,6-12H2,1H3,(H,25,27)/t14-,15?,16?,17?,23?/m0/s1. The highest BCUT2D eigenvalue weighted by Crippen LogP contribution is 2.61. The van der Waals surface area contributed by atoms with Gasteiger partial charge in [0.1, 0.15) is 5.01 Å². The molecule has 28 heavy (non-hydrogen) atoms. The van der Waals surface area contributed by atoms with Crippen LogP contribution in [-0.2, 0) is 11.2 Å². The van der Waals surface area contributed by atoms with Crippen LogP contribution in [0.4, 0.5) is 0 Å². The molecule has 0 aliphatic heterocycles. The first-order chi connectivity index (χ1) is 13.5. The van der Waals surface area contributed by atoms with Crippen molar-refractivity contribution in [2.24, 2.45) is 23.2 Å². The van der Waals surface area contributed by atoms with Gasteiger partial charge in [-0.15, -0.1) is 11.3 Å². The van der Waals surface area contributed by atoms with Crippen LogP contribution >= 0.6 is 22.9 Å². The van der Waals surface area contributed by atoms with E-state index in [1.807, 2.05) is 29.6 Å². The molecule has 5 heteroatoms. The summed E-state index contributed by atoms with van der Waals surface area (Å²) in [5, 5.41) is 6.90. The normalized spacial score (nSPS) is 31.7. The van der Waals surface area contributed by atoms with Gasteiger partial charge >= 0.3 is 0 Å². The smallest absolute Gasteiger partial charge is 0.226 e. The number of nitrogens with zero attached hydrogens (tertiary/aromatic N) is 1. The van der Waals surface area contributed by atoms with Gasteiger partial charge in [0.15, 0.2) is 0 Å². The van der Waals surface area contributed by atoms with Gasteiger partial charge in [0.05, 0.1) is 17.1 Å². The van der Waals surface area contributed by atoms with Crippen LogP contribution < -0.4 is 5.32 Å². The Morgan fingerprint density at radius 3 is 2.50 bits per heavy atom. The molecule has 4 fully saturated rings. The van der Waals surface area contributed by atoms with E-state index in [9.17, 15) is 4.79 Å². The minimum atomic E-state index is 0.0965. The Labute approximate surface area is 175 Å². The molecule has 1 N–H and O–H groups in total. The van der Waals surface area contributed by atoms with E-state index < -0.39 is 0 Å². The number of hydrogen-bond donors (Lipinski definition) is 1. The largest absolute Gasteiger partial charge is 0.353 e. The van der Waals surface area contributed by atoms with E-state index in [2.05, 4.69) is 17.2 Å². The van der Waals surface area contributed by atoms with E-state index in [4.69, 9.17) is 11.6 Å². The lowest BCUT2D eigenvalue weighted by molar-refractivity contribution is -0.125. The van der Waals surface area contributed by atoms with Crippen molar-refractivity contribution in [2.75, 3.05) is 0 Å². The van der Waals surface area contributed by atoms with Crippen LogP contribution in [0.2, 0.25) is 5.02 Å². The molecule has 2 aromatic rings. The second kappa shape index (κ2) is 7.14. The van der Waals surface area contributed by atoms with E-state index in [-0.39, 0.29) is 11.9 Å². The molecule has 4 saturated carbocycles. The topological polar surface area (TPSA) is 42.0 Å². The fourth-order valence-electron chi connectivity index (χ4n) is 6.46. The first kappa shape index (κ1) is 18.6. The molecule has 3 nitrogen and oxygen atoms in total. The Morgan fingerprint density at radius 1 is 1.21 bits per heavy atom. The summed E-state index contributed by atoms with van der Waals surface area (Å²) < 4.78 is 0. The van der Waals surface area contributed by atoms with E-state index in [0.717, 1.165) is 34.0 Å². The number of rotatable bonds is 5. The highest BCUT2D eigenvalue weighted by atomic mass is 35.5. The molecule has 6 rings (SSSR count). The highest BCUT2D eigenvalue weighted by Gasteiger charge is 2.53. The van der Waals surface area contributed by atoms with E-state index in [1.54, 1.807) is 11.3 Å². The molecule has 0 radical (unpaired) electrons. The van der Waals surface area contributed by atoms with Crippen molar-refractivity contribution in [1.82, 2.24) is 10.3 Å². The van der Waals surface area contributed by atoms with Gasteiger partial charge in [-0.05, 0) is 74.7 Å². The summed E-state index contributed by atoms with van der Waals surface area (Å²) in [7, 11) is 0. The summed E-state index contributed by atoms with van der Waals surface area (Å²) in [6.45, 7) is 2.24. The molecule has 4 aliphatic carbocycles. The lowest BCUT2D eigenvalue weighted by atomic mass is 9.48. The van der Waals surface area contributed by atoms with Crippen LogP contribution in [0.5, 0.6) is 0 Å². The molecule has 4 aliphatic rings. The number of halogens is 1. The molecule has 1 atom stereocenters. The van der Waals surface area contributed by atoms with Crippen LogP contribution in [-0.4, -0.2) is 16.9 Å². The quantitative estimate of drug-likeness (QED) is 0.679. The van der Waals surface area contributed by atoms with Crippen LogP contribution in [0.25, 0.3) is 10.6 Å². The Bertz CT molecular complexity index is 857. The number of thiazole rings is 1. The number of benzene rings is 1. The zero-order valence-electron chi connectivity index (χ0n) is 16.3. The Morgan fingerprint density at radius 2 is 1.86 bits per heavy atom. The lowest BCUT2D eigenvalue weighted by Crippen LogP contribution is -2.56. The fourth-order valence-corrected chi connectivity index (χ4v) is 7.60.